The maximum absolute atomic E-state index is 13.9. The van der Waals surface area contributed by atoms with Gasteiger partial charge < -0.3 is 0 Å². The highest BCUT2D eigenvalue weighted by molar-refractivity contribution is 7.99. The third kappa shape index (κ3) is 1.61. The van der Waals surface area contributed by atoms with Crippen LogP contribution in [0.1, 0.15) is 21.5 Å². The van der Waals surface area contributed by atoms with Gasteiger partial charge in [-0.3, -0.25) is 9.69 Å². The van der Waals surface area contributed by atoms with E-state index in [4.69, 9.17) is 0 Å². The molecule has 2 nitrogen and oxygen atoms in total. The third-order valence-corrected chi connectivity index (χ3v) is 7.09. The van der Waals surface area contributed by atoms with Crippen molar-refractivity contribution in [1.82, 2.24) is 4.90 Å². The second-order valence-electron chi connectivity index (χ2n) is 7.23. The maximum atomic E-state index is 13.9. The summed E-state index contributed by atoms with van der Waals surface area (Å²) < 4.78 is 0. The summed E-state index contributed by atoms with van der Waals surface area (Å²) in [5.41, 5.74) is 3.69. The van der Waals surface area contributed by atoms with E-state index in [0.717, 1.165) is 44.7 Å². The average Bonchev–Trinajstić information content (AvgIpc) is 3.34. The molecule has 3 aromatic carbocycles. The summed E-state index contributed by atoms with van der Waals surface area (Å²) in [5.74, 6) is 2.19. The Morgan fingerprint density at radius 2 is 1.77 bits per heavy atom. The van der Waals surface area contributed by atoms with Crippen LogP contribution in [-0.4, -0.2) is 28.4 Å². The number of hydrogen-bond donors (Lipinski definition) is 0. The molecule has 2 atom stereocenters. The van der Waals surface area contributed by atoms with E-state index in [1.807, 2.05) is 30.0 Å². The van der Waals surface area contributed by atoms with Gasteiger partial charge in [-0.2, -0.15) is 0 Å². The van der Waals surface area contributed by atoms with Crippen LogP contribution in [0.15, 0.2) is 72.8 Å². The molecule has 3 aliphatic rings. The molecule has 2 heterocycles. The standard InChI is InChI=1S/C23H17NOS/c25-22-18-10-4-8-16-9-5-11-19(21(16)18)23(22)20(15-6-2-1-3-7-15)12-17-13-26-14-24(17)23/h1-12,17H,13-14H2/t17-,23+/m0/s1. The Bertz CT molecular complexity index is 1100. The minimum absolute atomic E-state index is 0.240. The van der Waals surface area contributed by atoms with Crippen LogP contribution in [-0.2, 0) is 5.54 Å². The zero-order valence-corrected chi connectivity index (χ0v) is 15.0. The van der Waals surface area contributed by atoms with Crippen molar-refractivity contribution in [3.05, 3.63) is 89.5 Å². The second-order valence-corrected chi connectivity index (χ2v) is 8.23. The van der Waals surface area contributed by atoms with Crippen molar-refractivity contribution >= 4 is 33.9 Å². The number of carbonyl (C=O) groups is 1. The second kappa shape index (κ2) is 5.09. The molecule has 0 bridgehead atoms. The van der Waals surface area contributed by atoms with Crippen molar-refractivity contribution in [3.8, 4) is 0 Å². The van der Waals surface area contributed by atoms with E-state index in [0.29, 0.717) is 6.04 Å². The predicted molar refractivity (Wildman–Crippen MR) is 107 cm³/mol. The van der Waals surface area contributed by atoms with E-state index in [1.165, 1.54) is 0 Å². The third-order valence-electron chi connectivity index (χ3n) is 6.05. The molecule has 26 heavy (non-hydrogen) atoms. The summed E-state index contributed by atoms with van der Waals surface area (Å²) in [5, 5.41) is 2.30. The van der Waals surface area contributed by atoms with Crippen molar-refractivity contribution in [2.75, 3.05) is 11.6 Å². The minimum atomic E-state index is -0.668. The van der Waals surface area contributed by atoms with Gasteiger partial charge in [0.2, 0.25) is 0 Å². The monoisotopic (exact) mass is 355 g/mol. The van der Waals surface area contributed by atoms with Gasteiger partial charge in [0.15, 0.2) is 5.78 Å². The predicted octanol–water partition coefficient (Wildman–Crippen LogP) is 4.70. The van der Waals surface area contributed by atoms with Crippen LogP contribution in [0.3, 0.4) is 0 Å². The Balaban J connectivity index is 1.72. The van der Waals surface area contributed by atoms with Crippen LogP contribution in [0.2, 0.25) is 0 Å². The van der Waals surface area contributed by atoms with Crippen LogP contribution in [0.4, 0.5) is 0 Å². The smallest absolute Gasteiger partial charge is 0.192 e. The van der Waals surface area contributed by atoms with E-state index in [2.05, 4.69) is 59.5 Å². The van der Waals surface area contributed by atoms with Gasteiger partial charge in [-0.15, -0.1) is 11.8 Å². The van der Waals surface area contributed by atoms with E-state index in [-0.39, 0.29) is 5.78 Å². The number of thioether (sulfide) groups is 1. The average molecular weight is 355 g/mol. The highest BCUT2D eigenvalue weighted by atomic mass is 32.2. The van der Waals surface area contributed by atoms with E-state index in [1.54, 1.807) is 0 Å². The zero-order valence-electron chi connectivity index (χ0n) is 14.2. The van der Waals surface area contributed by atoms with Crippen LogP contribution in [0, 0.1) is 0 Å². The topological polar surface area (TPSA) is 20.3 Å². The van der Waals surface area contributed by atoms with Crippen molar-refractivity contribution in [3.63, 3.8) is 0 Å². The molecule has 6 rings (SSSR count). The highest BCUT2D eigenvalue weighted by Crippen LogP contribution is 2.57. The first-order valence-corrected chi connectivity index (χ1v) is 10.2. The molecule has 1 fully saturated rings. The first-order valence-electron chi connectivity index (χ1n) is 9.01. The number of benzene rings is 3. The zero-order chi connectivity index (χ0) is 17.3. The van der Waals surface area contributed by atoms with Gasteiger partial charge in [-0.1, -0.05) is 72.8 Å². The quantitative estimate of drug-likeness (QED) is 0.631. The lowest BCUT2D eigenvalue weighted by Gasteiger charge is -2.37. The number of ketones is 1. The van der Waals surface area contributed by atoms with Crippen molar-refractivity contribution in [2.45, 2.75) is 11.6 Å². The molecule has 0 radical (unpaired) electrons. The summed E-state index contributed by atoms with van der Waals surface area (Å²) in [4.78, 5) is 16.4. The first-order chi connectivity index (χ1) is 12.8. The van der Waals surface area contributed by atoms with Crippen molar-refractivity contribution in [1.29, 1.82) is 0 Å². The fraction of sp³-hybridized carbons (Fsp3) is 0.174. The van der Waals surface area contributed by atoms with Crippen LogP contribution in [0.25, 0.3) is 16.3 Å². The number of rotatable bonds is 1. The van der Waals surface area contributed by atoms with Gasteiger partial charge in [-0.25, -0.2) is 0 Å². The van der Waals surface area contributed by atoms with E-state index >= 15 is 0 Å². The minimum Gasteiger partial charge on any atom is -0.291 e. The molecule has 126 valence electrons. The van der Waals surface area contributed by atoms with Crippen LogP contribution >= 0.6 is 11.8 Å². The molecular weight excluding hydrogens is 338 g/mol. The Morgan fingerprint density at radius 1 is 0.962 bits per heavy atom. The van der Waals surface area contributed by atoms with Gasteiger partial charge in [-0.05, 0) is 27.5 Å². The number of hydrogen-bond acceptors (Lipinski definition) is 3. The lowest BCUT2D eigenvalue weighted by molar-refractivity contribution is 0.0763. The van der Waals surface area contributed by atoms with Crippen molar-refractivity contribution < 1.29 is 4.79 Å². The molecule has 0 aromatic heterocycles. The molecule has 0 unspecified atom stereocenters. The summed E-state index contributed by atoms with van der Waals surface area (Å²) in [6.45, 7) is 0. The molecule has 1 aliphatic carbocycles. The lowest BCUT2D eigenvalue weighted by atomic mass is 9.79. The van der Waals surface area contributed by atoms with Gasteiger partial charge in [0.05, 0.1) is 0 Å². The fourth-order valence-corrected chi connectivity index (χ4v) is 6.24. The normalized spacial score (nSPS) is 26.7. The number of carbonyl (C=O) groups excluding carboxylic acids is 1. The summed E-state index contributed by atoms with van der Waals surface area (Å²) in [7, 11) is 0. The summed E-state index contributed by atoms with van der Waals surface area (Å²) in [6.07, 6.45) is 2.35. The number of Topliss-reactive ketones (excluding diaryl/α,β-unsaturated/α-hetero) is 1. The Labute approximate surface area is 156 Å². The molecule has 2 aliphatic heterocycles. The molecule has 0 saturated carbocycles. The van der Waals surface area contributed by atoms with E-state index in [9.17, 15) is 4.79 Å². The Morgan fingerprint density at radius 3 is 2.62 bits per heavy atom. The van der Waals surface area contributed by atoms with Crippen LogP contribution in [0.5, 0.6) is 0 Å². The highest BCUT2D eigenvalue weighted by Gasteiger charge is 2.59. The molecule has 0 N–H and O–H groups in total. The van der Waals surface area contributed by atoms with Gasteiger partial charge >= 0.3 is 0 Å². The van der Waals surface area contributed by atoms with E-state index < -0.39 is 5.54 Å². The largest absolute Gasteiger partial charge is 0.291 e. The molecule has 3 aromatic rings. The van der Waals surface area contributed by atoms with Crippen molar-refractivity contribution in [2.24, 2.45) is 0 Å². The van der Waals surface area contributed by atoms with Gasteiger partial charge in [0.25, 0.3) is 0 Å². The SMILES string of the molecule is O=C1c2cccc3cccc(c23)[C@@]12C(c1ccccc1)=C[C@H]1CSCN12. The fourth-order valence-electron chi connectivity index (χ4n) is 5.03. The molecule has 3 heteroatoms. The Kier molecular flexibility index (Phi) is 2.89. The lowest BCUT2D eigenvalue weighted by Crippen LogP contribution is -2.48. The summed E-state index contributed by atoms with van der Waals surface area (Å²) >= 11 is 1.92. The molecule has 1 saturated heterocycles. The van der Waals surface area contributed by atoms with Gasteiger partial charge in [0, 0.05) is 23.2 Å². The molecule has 0 amide bonds. The van der Waals surface area contributed by atoms with Crippen LogP contribution < -0.4 is 0 Å². The number of fused-ring (bicyclic) bond motifs is 3. The number of nitrogens with zero attached hydrogens (tertiary/aromatic N) is 1. The Hall–Kier alpha value is -2.36. The summed E-state index contributed by atoms with van der Waals surface area (Å²) in [6, 6.07) is 23.3. The van der Waals surface area contributed by atoms with Gasteiger partial charge in [0.1, 0.15) is 5.54 Å². The first kappa shape index (κ1) is 14.8. The molecule has 1 spiro atoms. The molecular formula is C23H17NOS. The maximum Gasteiger partial charge on any atom is 0.192 e.